The summed E-state index contributed by atoms with van der Waals surface area (Å²) in [5.74, 6) is 0.172. The van der Waals surface area contributed by atoms with E-state index in [2.05, 4.69) is 20.0 Å². The normalized spacial score (nSPS) is 10.9. The molecule has 4 rings (SSSR count). The number of fused-ring (bicyclic) bond motifs is 1. The van der Waals surface area contributed by atoms with Gasteiger partial charge in [0.15, 0.2) is 11.6 Å². The van der Waals surface area contributed by atoms with Crippen molar-refractivity contribution in [3.8, 4) is 5.75 Å². The summed E-state index contributed by atoms with van der Waals surface area (Å²) >= 11 is 1.28. The second-order valence-electron chi connectivity index (χ2n) is 6.28. The smallest absolute Gasteiger partial charge is 0.416 e. The predicted molar refractivity (Wildman–Crippen MR) is 123 cm³/mol. The molecule has 166 valence electrons. The molecule has 0 saturated heterocycles. The van der Waals surface area contributed by atoms with E-state index in [4.69, 9.17) is 0 Å². The van der Waals surface area contributed by atoms with Crippen molar-refractivity contribution in [2.24, 2.45) is 0 Å². The van der Waals surface area contributed by atoms with E-state index in [0.29, 0.717) is 16.9 Å². The molecule has 3 aromatic carbocycles. The van der Waals surface area contributed by atoms with Crippen LogP contribution in [0.4, 0.5) is 30.5 Å². The van der Waals surface area contributed by atoms with Crippen LogP contribution in [0, 0.1) is 0 Å². The van der Waals surface area contributed by atoms with E-state index in [0.717, 1.165) is 23.1 Å². The summed E-state index contributed by atoms with van der Waals surface area (Å²) in [6, 6.07) is 19.2. The monoisotopic (exact) mass is 458 g/mol. The quantitative estimate of drug-likeness (QED) is 0.216. The Balaban J connectivity index is 0.00000141. The molecule has 0 aliphatic rings. The van der Waals surface area contributed by atoms with Gasteiger partial charge in [-0.3, -0.25) is 0 Å². The van der Waals surface area contributed by atoms with Crippen molar-refractivity contribution in [3.05, 3.63) is 78.4 Å². The van der Waals surface area contributed by atoms with Crippen LogP contribution in [-0.4, -0.2) is 15.1 Å². The lowest BCUT2D eigenvalue weighted by Crippen LogP contribution is -2.06. The predicted octanol–water partition coefficient (Wildman–Crippen LogP) is 7.24. The van der Waals surface area contributed by atoms with E-state index in [1.807, 2.05) is 50.2 Å². The number of phenols is 1. The van der Waals surface area contributed by atoms with Crippen LogP contribution in [0.1, 0.15) is 19.4 Å². The highest BCUT2D eigenvalue weighted by atomic mass is 32.2. The number of rotatable bonds is 5. The van der Waals surface area contributed by atoms with Crippen LogP contribution in [-0.2, 0) is 6.18 Å². The Morgan fingerprint density at radius 2 is 1.41 bits per heavy atom. The third kappa shape index (κ3) is 5.61. The average Bonchev–Trinajstić information content (AvgIpc) is 2.80. The summed E-state index contributed by atoms with van der Waals surface area (Å²) in [6.45, 7) is 4.00. The highest BCUT2D eigenvalue weighted by Gasteiger charge is 2.31. The minimum absolute atomic E-state index is 0.123. The minimum atomic E-state index is -4.54. The number of alkyl halides is 3. The zero-order valence-electron chi connectivity index (χ0n) is 17.3. The number of aromatic hydroxyl groups is 1. The fraction of sp³-hybridized carbons (Fsp3) is 0.130. The number of halogens is 3. The zero-order chi connectivity index (χ0) is 23.1. The Bertz CT molecular complexity index is 1190. The molecule has 0 unspecified atom stereocenters. The molecule has 0 saturated carbocycles. The van der Waals surface area contributed by atoms with Gasteiger partial charge in [0.05, 0.1) is 22.3 Å². The lowest BCUT2D eigenvalue weighted by molar-refractivity contribution is -0.137. The number of anilines is 3. The van der Waals surface area contributed by atoms with Crippen LogP contribution < -0.4 is 10.0 Å². The van der Waals surface area contributed by atoms with Crippen molar-refractivity contribution in [2.75, 3.05) is 10.0 Å². The highest BCUT2D eigenvalue weighted by Crippen LogP contribution is 2.37. The highest BCUT2D eigenvalue weighted by molar-refractivity contribution is 8.00. The molecule has 0 fully saturated rings. The first kappa shape index (κ1) is 23.2. The second-order valence-corrected chi connectivity index (χ2v) is 7.16. The summed E-state index contributed by atoms with van der Waals surface area (Å²) in [5, 5.41) is 12.9. The zero-order valence-corrected chi connectivity index (χ0v) is 18.1. The van der Waals surface area contributed by atoms with Crippen LogP contribution in [0.3, 0.4) is 0 Å². The number of nitrogens with one attached hydrogen (secondary N) is 2. The lowest BCUT2D eigenvalue weighted by Gasteiger charge is -2.15. The van der Waals surface area contributed by atoms with Gasteiger partial charge >= 0.3 is 6.18 Å². The second kappa shape index (κ2) is 10.2. The van der Waals surface area contributed by atoms with Gasteiger partial charge in [-0.2, -0.15) is 13.2 Å². The van der Waals surface area contributed by atoms with E-state index in [1.54, 1.807) is 18.2 Å². The fourth-order valence-corrected chi connectivity index (χ4v) is 3.34. The van der Waals surface area contributed by atoms with E-state index < -0.39 is 11.7 Å². The topological polar surface area (TPSA) is 70.1 Å². The van der Waals surface area contributed by atoms with Gasteiger partial charge in [-0.1, -0.05) is 44.2 Å². The largest absolute Gasteiger partial charge is 0.506 e. The van der Waals surface area contributed by atoms with Crippen molar-refractivity contribution < 1.29 is 18.3 Å². The molecule has 1 heterocycles. The van der Waals surface area contributed by atoms with Crippen molar-refractivity contribution in [1.82, 2.24) is 9.97 Å². The van der Waals surface area contributed by atoms with Crippen LogP contribution in [0.2, 0.25) is 0 Å². The van der Waals surface area contributed by atoms with Crippen LogP contribution in [0.5, 0.6) is 5.75 Å². The lowest BCUT2D eigenvalue weighted by atomic mass is 10.2. The maximum absolute atomic E-state index is 13.1. The Morgan fingerprint density at radius 1 is 0.812 bits per heavy atom. The molecular weight excluding hydrogens is 437 g/mol. The Labute approximate surface area is 187 Å². The van der Waals surface area contributed by atoms with Gasteiger partial charge in [0, 0.05) is 4.90 Å². The molecule has 0 aliphatic carbocycles. The van der Waals surface area contributed by atoms with E-state index >= 15 is 0 Å². The summed E-state index contributed by atoms with van der Waals surface area (Å²) in [5.41, 5.74) is 0.168. The van der Waals surface area contributed by atoms with Gasteiger partial charge in [0.2, 0.25) is 0 Å². The Hall–Kier alpha value is -3.46. The SMILES string of the molecule is CC.Oc1ccc(C(F)(F)F)cc1Nc1nc2ccccc2nc1NSc1ccccc1. The Kier molecular flexibility index (Phi) is 7.42. The molecule has 0 radical (unpaired) electrons. The maximum atomic E-state index is 13.1. The first-order valence-electron chi connectivity index (χ1n) is 9.82. The number of hydrogen-bond acceptors (Lipinski definition) is 6. The van der Waals surface area contributed by atoms with Crippen LogP contribution in [0.25, 0.3) is 11.0 Å². The summed E-state index contributed by atoms with van der Waals surface area (Å²) in [4.78, 5) is 9.92. The van der Waals surface area contributed by atoms with Crippen molar-refractivity contribution >= 4 is 40.3 Å². The third-order valence-electron chi connectivity index (χ3n) is 4.16. The van der Waals surface area contributed by atoms with Crippen molar-refractivity contribution in [1.29, 1.82) is 0 Å². The minimum Gasteiger partial charge on any atom is -0.506 e. The molecule has 0 bridgehead atoms. The summed E-state index contributed by atoms with van der Waals surface area (Å²) in [7, 11) is 0. The van der Waals surface area contributed by atoms with Crippen molar-refractivity contribution in [2.45, 2.75) is 24.9 Å². The summed E-state index contributed by atoms with van der Waals surface area (Å²) in [6.07, 6.45) is -4.54. The molecule has 0 spiro atoms. The molecule has 0 aliphatic heterocycles. The fourth-order valence-electron chi connectivity index (χ4n) is 2.69. The number of para-hydroxylation sites is 2. The summed E-state index contributed by atoms with van der Waals surface area (Å²) < 4.78 is 42.3. The van der Waals surface area contributed by atoms with E-state index in [9.17, 15) is 18.3 Å². The molecule has 4 aromatic rings. The van der Waals surface area contributed by atoms with Gasteiger partial charge in [-0.25, -0.2) is 9.97 Å². The first-order chi connectivity index (χ1) is 15.4. The standard InChI is InChI=1S/C21H15F3N4OS.C2H6/c22-21(23,24)13-10-11-18(29)17(12-13)27-19-20(28-30-14-6-2-1-3-7-14)26-16-9-5-4-8-15(16)25-19;1-2/h1-12,29H,(H,25,27)(H,26,28);1-2H3. The number of aromatic nitrogens is 2. The first-order valence-corrected chi connectivity index (χ1v) is 10.6. The van der Waals surface area contributed by atoms with Crippen LogP contribution in [0.15, 0.2) is 77.7 Å². The molecule has 1 aromatic heterocycles. The molecule has 0 amide bonds. The van der Waals surface area contributed by atoms with Gasteiger partial charge in [0.25, 0.3) is 0 Å². The van der Waals surface area contributed by atoms with E-state index in [-0.39, 0.29) is 17.3 Å². The Morgan fingerprint density at radius 3 is 2.03 bits per heavy atom. The third-order valence-corrected chi connectivity index (χ3v) is 4.96. The van der Waals surface area contributed by atoms with Gasteiger partial charge in [-0.05, 0) is 54.4 Å². The van der Waals surface area contributed by atoms with Crippen LogP contribution >= 0.6 is 11.9 Å². The van der Waals surface area contributed by atoms with Gasteiger partial charge in [-0.15, -0.1) is 0 Å². The maximum Gasteiger partial charge on any atom is 0.416 e. The number of phenolic OH excluding ortho intramolecular Hbond substituents is 1. The molecular formula is C23H21F3N4OS. The van der Waals surface area contributed by atoms with E-state index in [1.165, 1.54) is 11.9 Å². The molecule has 0 atom stereocenters. The van der Waals surface area contributed by atoms with Crippen molar-refractivity contribution in [3.63, 3.8) is 0 Å². The number of hydrogen-bond donors (Lipinski definition) is 3. The number of nitrogens with zero attached hydrogens (tertiary/aromatic N) is 2. The van der Waals surface area contributed by atoms with Gasteiger partial charge in [0.1, 0.15) is 5.75 Å². The molecule has 5 nitrogen and oxygen atoms in total. The molecule has 32 heavy (non-hydrogen) atoms. The molecule has 3 N–H and O–H groups in total. The average molecular weight is 459 g/mol. The molecule has 9 heteroatoms. The van der Waals surface area contributed by atoms with Gasteiger partial charge < -0.3 is 15.1 Å². The number of benzene rings is 3.